The normalized spacial score (nSPS) is 10.3. The number of nitrogens with one attached hydrogen (secondary N) is 1. The number of aromatic nitrogens is 1. The third-order valence-electron chi connectivity index (χ3n) is 2.56. The highest BCUT2D eigenvalue weighted by Crippen LogP contribution is 2.22. The zero-order valence-corrected chi connectivity index (χ0v) is 10.6. The summed E-state index contributed by atoms with van der Waals surface area (Å²) in [6, 6.07) is 5.48. The molecular weight excluding hydrogens is 230 g/mol. The van der Waals surface area contributed by atoms with Crippen LogP contribution >= 0.6 is 0 Å². The first-order valence-corrected chi connectivity index (χ1v) is 5.83. The molecule has 0 radical (unpaired) electrons. The summed E-state index contributed by atoms with van der Waals surface area (Å²) in [6.07, 6.45) is 2.59. The first-order valence-electron chi connectivity index (χ1n) is 5.83. The highest BCUT2D eigenvalue weighted by molar-refractivity contribution is 5.59. The van der Waals surface area contributed by atoms with Gasteiger partial charge < -0.3 is 20.2 Å². The Balaban J connectivity index is 2.03. The molecule has 2 rings (SSSR count). The molecular formula is C13H17N3O2. The minimum atomic E-state index is 0.520. The summed E-state index contributed by atoms with van der Waals surface area (Å²) in [5.74, 6) is 2.27. The van der Waals surface area contributed by atoms with Crippen LogP contribution in [0.5, 0.6) is 5.75 Å². The van der Waals surface area contributed by atoms with Crippen LogP contribution in [0.2, 0.25) is 0 Å². The van der Waals surface area contributed by atoms with Crippen molar-refractivity contribution in [2.24, 2.45) is 0 Å². The number of nitrogens with two attached hydrogens (primary N) is 1. The fraction of sp³-hybridized carbons (Fsp3) is 0.308. The third-order valence-corrected chi connectivity index (χ3v) is 2.56. The van der Waals surface area contributed by atoms with Crippen molar-refractivity contribution in [2.75, 3.05) is 18.2 Å². The minimum absolute atomic E-state index is 0.520. The summed E-state index contributed by atoms with van der Waals surface area (Å²) < 4.78 is 10.7. The van der Waals surface area contributed by atoms with Crippen LogP contribution in [0, 0.1) is 0 Å². The van der Waals surface area contributed by atoms with E-state index in [9.17, 15) is 0 Å². The fourth-order valence-corrected chi connectivity index (χ4v) is 1.61. The first-order chi connectivity index (χ1) is 8.71. The summed E-state index contributed by atoms with van der Waals surface area (Å²) in [4.78, 5) is 4.18. The van der Waals surface area contributed by atoms with E-state index in [1.165, 1.54) is 0 Å². The molecule has 1 aromatic carbocycles. The van der Waals surface area contributed by atoms with Crippen molar-refractivity contribution >= 4 is 11.4 Å². The molecule has 0 saturated carbocycles. The van der Waals surface area contributed by atoms with Crippen LogP contribution in [0.1, 0.15) is 18.6 Å². The Kier molecular flexibility index (Phi) is 3.72. The molecule has 1 heterocycles. The molecule has 5 heteroatoms. The van der Waals surface area contributed by atoms with Gasteiger partial charge in [0.05, 0.1) is 19.9 Å². The van der Waals surface area contributed by atoms with E-state index < -0.39 is 0 Å². The van der Waals surface area contributed by atoms with Gasteiger partial charge in [0, 0.05) is 29.9 Å². The smallest absolute Gasteiger partial charge is 0.213 e. The molecule has 2 aromatic rings. The zero-order chi connectivity index (χ0) is 13.0. The quantitative estimate of drug-likeness (QED) is 0.794. The predicted molar refractivity (Wildman–Crippen MR) is 70.6 cm³/mol. The first kappa shape index (κ1) is 12.3. The van der Waals surface area contributed by atoms with Crippen molar-refractivity contribution in [3.05, 3.63) is 36.0 Å². The van der Waals surface area contributed by atoms with Gasteiger partial charge in [0.1, 0.15) is 11.5 Å². The maximum absolute atomic E-state index is 5.77. The second-order valence-corrected chi connectivity index (χ2v) is 3.92. The Hall–Kier alpha value is -2.17. The van der Waals surface area contributed by atoms with Crippen molar-refractivity contribution in [3.63, 3.8) is 0 Å². The summed E-state index contributed by atoms with van der Waals surface area (Å²) in [5.41, 5.74) is 7.30. The lowest BCUT2D eigenvalue weighted by Crippen LogP contribution is -2.00. The second kappa shape index (κ2) is 5.44. The number of aryl methyl sites for hydroxylation is 1. The summed E-state index contributed by atoms with van der Waals surface area (Å²) >= 11 is 0. The number of benzene rings is 1. The number of ether oxygens (including phenoxy) is 1. The van der Waals surface area contributed by atoms with Crippen LogP contribution in [0.25, 0.3) is 0 Å². The molecule has 96 valence electrons. The van der Waals surface area contributed by atoms with Gasteiger partial charge in [-0.05, 0) is 6.07 Å². The Morgan fingerprint density at radius 3 is 2.89 bits per heavy atom. The van der Waals surface area contributed by atoms with Crippen LogP contribution in [-0.4, -0.2) is 12.1 Å². The van der Waals surface area contributed by atoms with Gasteiger partial charge in [-0.2, -0.15) is 0 Å². The molecule has 0 amide bonds. The minimum Gasteiger partial charge on any atom is -0.497 e. The van der Waals surface area contributed by atoms with Crippen molar-refractivity contribution in [3.8, 4) is 5.75 Å². The van der Waals surface area contributed by atoms with Gasteiger partial charge in [0.2, 0.25) is 5.89 Å². The molecule has 18 heavy (non-hydrogen) atoms. The van der Waals surface area contributed by atoms with Crippen molar-refractivity contribution in [1.29, 1.82) is 0 Å². The lowest BCUT2D eigenvalue weighted by atomic mass is 10.2. The van der Waals surface area contributed by atoms with Crippen LogP contribution in [0.15, 0.2) is 28.8 Å². The molecule has 0 atom stereocenters. The van der Waals surface area contributed by atoms with Crippen LogP contribution < -0.4 is 15.8 Å². The Morgan fingerprint density at radius 1 is 1.39 bits per heavy atom. The van der Waals surface area contributed by atoms with E-state index in [-0.39, 0.29) is 0 Å². The van der Waals surface area contributed by atoms with Gasteiger partial charge in [0.25, 0.3) is 0 Å². The summed E-state index contributed by atoms with van der Waals surface area (Å²) in [6.45, 7) is 2.55. The number of oxazole rings is 1. The third kappa shape index (κ3) is 2.94. The average molecular weight is 247 g/mol. The summed E-state index contributed by atoms with van der Waals surface area (Å²) in [7, 11) is 1.61. The molecule has 0 aliphatic heterocycles. The van der Waals surface area contributed by atoms with Gasteiger partial charge >= 0.3 is 0 Å². The molecule has 0 fully saturated rings. The van der Waals surface area contributed by atoms with E-state index in [1.807, 2.05) is 19.1 Å². The van der Waals surface area contributed by atoms with Crippen LogP contribution in [-0.2, 0) is 13.0 Å². The van der Waals surface area contributed by atoms with Crippen molar-refractivity contribution in [2.45, 2.75) is 19.9 Å². The predicted octanol–water partition coefficient (Wildman–Crippen LogP) is 2.44. The molecule has 1 aromatic heterocycles. The second-order valence-electron chi connectivity index (χ2n) is 3.92. The Labute approximate surface area is 106 Å². The molecule has 3 N–H and O–H groups in total. The maximum atomic E-state index is 5.77. The van der Waals surface area contributed by atoms with E-state index in [4.69, 9.17) is 14.9 Å². The van der Waals surface area contributed by atoms with E-state index in [2.05, 4.69) is 10.3 Å². The molecule has 0 saturated heterocycles. The molecule has 0 bridgehead atoms. The Morgan fingerprint density at radius 2 is 2.22 bits per heavy atom. The van der Waals surface area contributed by atoms with E-state index in [0.717, 1.165) is 23.6 Å². The molecule has 5 nitrogen and oxygen atoms in total. The number of hydrogen-bond donors (Lipinski definition) is 2. The maximum Gasteiger partial charge on any atom is 0.213 e. The van der Waals surface area contributed by atoms with Gasteiger partial charge in [-0.1, -0.05) is 6.92 Å². The lowest BCUT2D eigenvalue weighted by molar-refractivity contribution is 0.415. The van der Waals surface area contributed by atoms with Crippen LogP contribution in [0.3, 0.4) is 0 Å². The average Bonchev–Trinajstić information content (AvgIpc) is 2.83. The highest BCUT2D eigenvalue weighted by atomic mass is 16.5. The Bertz CT molecular complexity index is 523. The zero-order valence-electron chi connectivity index (χ0n) is 10.6. The molecule has 0 unspecified atom stereocenters. The van der Waals surface area contributed by atoms with Gasteiger partial charge in [-0.15, -0.1) is 0 Å². The fourth-order valence-electron chi connectivity index (χ4n) is 1.61. The van der Waals surface area contributed by atoms with Gasteiger partial charge in [-0.3, -0.25) is 0 Å². The van der Waals surface area contributed by atoms with E-state index >= 15 is 0 Å². The number of anilines is 2. The summed E-state index contributed by atoms with van der Waals surface area (Å²) in [5, 5.41) is 3.20. The van der Waals surface area contributed by atoms with Crippen molar-refractivity contribution < 1.29 is 9.15 Å². The molecule has 0 aliphatic rings. The number of hydrogen-bond acceptors (Lipinski definition) is 5. The van der Waals surface area contributed by atoms with E-state index in [1.54, 1.807) is 19.4 Å². The lowest BCUT2D eigenvalue weighted by Gasteiger charge is -2.07. The van der Waals surface area contributed by atoms with E-state index in [0.29, 0.717) is 18.1 Å². The van der Waals surface area contributed by atoms with Crippen LogP contribution in [0.4, 0.5) is 11.4 Å². The topological polar surface area (TPSA) is 73.3 Å². The van der Waals surface area contributed by atoms with Crippen molar-refractivity contribution in [1.82, 2.24) is 4.98 Å². The number of methoxy groups -OCH3 is 1. The largest absolute Gasteiger partial charge is 0.497 e. The standard InChI is InChI=1S/C13H17N3O2/c1-3-11-7-16-13(18-11)8-15-10-4-9(14)5-12(6-10)17-2/h4-7,15H,3,8,14H2,1-2H3. The number of nitrogen functional groups attached to an aromatic ring is 1. The number of rotatable bonds is 5. The SMILES string of the molecule is CCc1cnc(CNc2cc(N)cc(OC)c2)o1. The molecule has 0 spiro atoms. The highest BCUT2D eigenvalue weighted by Gasteiger charge is 2.03. The number of nitrogens with zero attached hydrogens (tertiary/aromatic N) is 1. The van der Waals surface area contributed by atoms with Gasteiger partial charge in [-0.25, -0.2) is 4.98 Å². The van der Waals surface area contributed by atoms with Gasteiger partial charge in [0.15, 0.2) is 0 Å². The molecule has 0 aliphatic carbocycles. The monoisotopic (exact) mass is 247 g/mol.